The highest BCUT2D eigenvalue weighted by Crippen LogP contribution is 2.24. The summed E-state index contributed by atoms with van der Waals surface area (Å²) in [7, 11) is 0. The van der Waals surface area contributed by atoms with Crippen molar-refractivity contribution < 1.29 is 9.47 Å². The molecular weight excluding hydrogens is 336 g/mol. The van der Waals surface area contributed by atoms with Gasteiger partial charge >= 0.3 is 0 Å². The number of hydrogen-bond acceptors (Lipinski definition) is 5. The summed E-state index contributed by atoms with van der Waals surface area (Å²) in [6.07, 6.45) is 5.92. The summed E-state index contributed by atoms with van der Waals surface area (Å²) in [5.41, 5.74) is 0.802. The summed E-state index contributed by atoms with van der Waals surface area (Å²) in [4.78, 5) is 17.8. The van der Waals surface area contributed by atoms with Crippen molar-refractivity contribution in [2.24, 2.45) is 0 Å². The average Bonchev–Trinajstić information content (AvgIpc) is 3.17. The first kappa shape index (κ1) is 17.1. The molecule has 25 heavy (non-hydrogen) atoms. The minimum atomic E-state index is 0.0353. The first-order chi connectivity index (χ1) is 12.3. The van der Waals surface area contributed by atoms with Crippen LogP contribution in [0.3, 0.4) is 0 Å². The Morgan fingerprint density at radius 1 is 1.08 bits per heavy atom. The number of fused-ring (bicyclic) bond motifs is 1. The van der Waals surface area contributed by atoms with Crippen LogP contribution in [0.5, 0.6) is 0 Å². The van der Waals surface area contributed by atoms with E-state index in [-0.39, 0.29) is 17.8 Å². The van der Waals surface area contributed by atoms with Gasteiger partial charge < -0.3 is 9.47 Å². The molecule has 0 bridgehead atoms. The number of benzene rings is 1. The standard InChI is InChI=1S/C19H24N2O3S/c22-18-16-8-1-2-9-17(16)20-19(21(18)12-14-7-5-11-23-14)25-13-15-6-3-4-10-24-15/h1-2,8-9,14-15H,3-7,10-13H2/t14-,15-/m0/s1. The first-order valence-corrected chi connectivity index (χ1v) is 10.2. The predicted molar refractivity (Wildman–Crippen MR) is 99.3 cm³/mol. The second kappa shape index (κ2) is 7.89. The summed E-state index contributed by atoms with van der Waals surface area (Å²) in [5.74, 6) is 0.844. The van der Waals surface area contributed by atoms with Crippen LogP contribution < -0.4 is 5.56 Å². The zero-order valence-corrected chi connectivity index (χ0v) is 15.2. The van der Waals surface area contributed by atoms with E-state index in [1.54, 1.807) is 11.8 Å². The monoisotopic (exact) mass is 360 g/mol. The highest BCUT2D eigenvalue weighted by Gasteiger charge is 2.21. The largest absolute Gasteiger partial charge is 0.377 e. The average molecular weight is 360 g/mol. The summed E-state index contributed by atoms with van der Waals surface area (Å²) in [5, 5.41) is 1.46. The molecule has 0 unspecified atom stereocenters. The fraction of sp³-hybridized carbons (Fsp3) is 0.579. The van der Waals surface area contributed by atoms with E-state index < -0.39 is 0 Å². The Hall–Kier alpha value is -1.37. The van der Waals surface area contributed by atoms with Gasteiger partial charge in [0.05, 0.1) is 29.7 Å². The fourth-order valence-electron chi connectivity index (χ4n) is 3.52. The number of ether oxygens (including phenoxy) is 2. The molecule has 4 rings (SSSR count). The van der Waals surface area contributed by atoms with E-state index in [0.717, 1.165) is 55.3 Å². The van der Waals surface area contributed by atoms with Crippen molar-refractivity contribution in [1.82, 2.24) is 9.55 Å². The summed E-state index contributed by atoms with van der Waals surface area (Å²) < 4.78 is 13.4. The summed E-state index contributed by atoms with van der Waals surface area (Å²) >= 11 is 1.64. The van der Waals surface area contributed by atoms with Gasteiger partial charge in [0.15, 0.2) is 5.16 Å². The van der Waals surface area contributed by atoms with Crippen LogP contribution in [0.15, 0.2) is 34.2 Å². The van der Waals surface area contributed by atoms with Gasteiger partial charge in [-0.25, -0.2) is 4.98 Å². The van der Waals surface area contributed by atoms with E-state index in [4.69, 9.17) is 14.5 Å². The molecule has 0 spiro atoms. The molecule has 5 nitrogen and oxygen atoms in total. The van der Waals surface area contributed by atoms with Crippen LogP contribution in [-0.4, -0.2) is 40.7 Å². The van der Waals surface area contributed by atoms with Crippen LogP contribution in [0.25, 0.3) is 10.9 Å². The number of rotatable bonds is 5. The van der Waals surface area contributed by atoms with Gasteiger partial charge in [-0.15, -0.1) is 0 Å². The Labute approximate surface area is 151 Å². The van der Waals surface area contributed by atoms with Gasteiger partial charge in [0.1, 0.15) is 0 Å². The molecule has 2 aliphatic rings. The molecule has 6 heteroatoms. The Bertz CT molecular complexity index is 780. The molecule has 2 saturated heterocycles. The van der Waals surface area contributed by atoms with Gasteiger partial charge in [0.25, 0.3) is 5.56 Å². The number of hydrogen-bond donors (Lipinski definition) is 0. The lowest BCUT2D eigenvalue weighted by Crippen LogP contribution is -2.29. The van der Waals surface area contributed by atoms with E-state index in [9.17, 15) is 4.79 Å². The van der Waals surface area contributed by atoms with Crippen molar-refractivity contribution in [2.75, 3.05) is 19.0 Å². The Kier molecular flexibility index (Phi) is 5.39. The normalized spacial score (nSPS) is 24.0. The van der Waals surface area contributed by atoms with Gasteiger partial charge in [-0.05, 0) is 44.2 Å². The molecule has 0 amide bonds. The molecule has 3 heterocycles. The molecule has 2 atom stereocenters. The van der Waals surface area contributed by atoms with Crippen molar-refractivity contribution in [3.05, 3.63) is 34.6 Å². The SMILES string of the molecule is O=c1c2ccccc2nc(SC[C@@H]2CCCCO2)n1C[C@@H]1CCCO1. The highest BCUT2D eigenvalue weighted by molar-refractivity contribution is 7.99. The molecule has 0 aliphatic carbocycles. The second-order valence-corrected chi connectivity index (χ2v) is 7.75. The Balaban J connectivity index is 1.63. The zero-order chi connectivity index (χ0) is 17.1. The van der Waals surface area contributed by atoms with E-state index in [1.807, 2.05) is 28.8 Å². The minimum absolute atomic E-state index is 0.0353. The van der Waals surface area contributed by atoms with Crippen LogP contribution in [0, 0.1) is 0 Å². The van der Waals surface area contributed by atoms with E-state index >= 15 is 0 Å². The maximum atomic E-state index is 13.0. The van der Waals surface area contributed by atoms with Crippen molar-refractivity contribution >= 4 is 22.7 Å². The van der Waals surface area contributed by atoms with Gasteiger partial charge in [0, 0.05) is 19.0 Å². The first-order valence-electron chi connectivity index (χ1n) is 9.17. The van der Waals surface area contributed by atoms with E-state index in [0.29, 0.717) is 11.9 Å². The molecular formula is C19H24N2O3S. The maximum Gasteiger partial charge on any atom is 0.262 e. The van der Waals surface area contributed by atoms with Crippen LogP contribution in [0.2, 0.25) is 0 Å². The predicted octanol–water partition coefficient (Wildman–Crippen LogP) is 3.24. The van der Waals surface area contributed by atoms with Crippen molar-refractivity contribution in [2.45, 2.75) is 56.0 Å². The minimum Gasteiger partial charge on any atom is -0.377 e. The van der Waals surface area contributed by atoms with Gasteiger partial charge in [-0.1, -0.05) is 23.9 Å². The molecule has 0 N–H and O–H groups in total. The highest BCUT2D eigenvalue weighted by atomic mass is 32.2. The lowest BCUT2D eigenvalue weighted by atomic mass is 10.1. The Morgan fingerprint density at radius 3 is 2.68 bits per heavy atom. The molecule has 134 valence electrons. The molecule has 1 aromatic carbocycles. The number of nitrogens with zero attached hydrogens (tertiary/aromatic N) is 2. The van der Waals surface area contributed by atoms with Gasteiger partial charge in [-0.3, -0.25) is 9.36 Å². The van der Waals surface area contributed by atoms with E-state index in [1.165, 1.54) is 6.42 Å². The lowest BCUT2D eigenvalue weighted by molar-refractivity contribution is 0.0315. The van der Waals surface area contributed by atoms with Crippen molar-refractivity contribution in [3.8, 4) is 0 Å². The van der Waals surface area contributed by atoms with Gasteiger partial charge in [0.2, 0.25) is 0 Å². The van der Waals surface area contributed by atoms with Crippen LogP contribution in [0.4, 0.5) is 0 Å². The quantitative estimate of drug-likeness (QED) is 0.605. The maximum absolute atomic E-state index is 13.0. The topological polar surface area (TPSA) is 53.3 Å². The Morgan fingerprint density at radius 2 is 1.88 bits per heavy atom. The van der Waals surface area contributed by atoms with Crippen molar-refractivity contribution in [1.29, 1.82) is 0 Å². The fourth-order valence-corrected chi connectivity index (χ4v) is 4.59. The van der Waals surface area contributed by atoms with Crippen LogP contribution >= 0.6 is 11.8 Å². The molecule has 2 aromatic rings. The van der Waals surface area contributed by atoms with Gasteiger partial charge in [-0.2, -0.15) is 0 Å². The molecule has 2 aliphatic heterocycles. The smallest absolute Gasteiger partial charge is 0.262 e. The lowest BCUT2D eigenvalue weighted by Gasteiger charge is -2.23. The van der Waals surface area contributed by atoms with Crippen molar-refractivity contribution in [3.63, 3.8) is 0 Å². The zero-order valence-electron chi connectivity index (χ0n) is 14.4. The van der Waals surface area contributed by atoms with Crippen LogP contribution in [0.1, 0.15) is 32.1 Å². The summed E-state index contributed by atoms with van der Waals surface area (Å²) in [6, 6.07) is 7.59. The van der Waals surface area contributed by atoms with E-state index in [2.05, 4.69) is 0 Å². The number of thioether (sulfide) groups is 1. The molecule has 0 radical (unpaired) electrons. The third-order valence-corrected chi connectivity index (χ3v) is 6.02. The third kappa shape index (κ3) is 3.91. The molecule has 0 saturated carbocycles. The summed E-state index contributed by atoms with van der Waals surface area (Å²) in [6.45, 7) is 2.22. The van der Waals surface area contributed by atoms with Crippen LogP contribution in [-0.2, 0) is 16.0 Å². The number of para-hydroxylation sites is 1. The molecule has 1 aromatic heterocycles. The molecule has 2 fully saturated rings. The number of aromatic nitrogens is 2. The third-order valence-electron chi connectivity index (χ3n) is 4.91. The second-order valence-electron chi connectivity index (χ2n) is 6.76.